The lowest BCUT2D eigenvalue weighted by Crippen LogP contribution is -2.39. The Kier molecular flexibility index (Phi) is 8.85. The van der Waals surface area contributed by atoms with Crippen LogP contribution in [0, 0.1) is 20.8 Å². The molecule has 33 heavy (non-hydrogen) atoms. The molecule has 8 nitrogen and oxygen atoms in total. The van der Waals surface area contributed by atoms with E-state index in [-0.39, 0.29) is 31.5 Å². The molecule has 0 bridgehead atoms. The Labute approximate surface area is 195 Å². The van der Waals surface area contributed by atoms with Crippen LogP contribution in [0.4, 0.5) is 10.5 Å². The van der Waals surface area contributed by atoms with Crippen LogP contribution in [-0.2, 0) is 20.9 Å². The van der Waals surface area contributed by atoms with E-state index in [1.807, 2.05) is 39.0 Å². The molecule has 0 spiro atoms. The number of hydrogen-bond acceptors (Lipinski definition) is 5. The van der Waals surface area contributed by atoms with Gasteiger partial charge >= 0.3 is 6.09 Å². The molecule has 3 amide bonds. The van der Waals surface area contributed by atoms with Crippen LogP contribution in [0.5, 0.6) is 5.75 Å². The molecule has 2 rings (SSSR count). The van der Waals surface area contributed by atoms with E-state index in [0.717, 1.165) is 28.0 Å². The molecule has 0 aliphatic heterocycles. The molecule has 0 aliphatic carbocycles. The summed E-state index contributed by atoms with van der Waals surface area (Å²) in [6.07, 6.45) is -0.652. The summed E-state index contributed by atoms with van der Waals surface area (Å²) in [5.41, 5.74) is 3.86. The number of hydrogen-bond donors (Lipinski definition) is 3. The average Bonchev–Trinajstić information content (AvgIpc) is 2.72. The van der Waals surface area contributed by atoms with Crippen LogP contribution >= 0.6 is 0 Å². The summed E-state index contributed by atoms with van der Waals surface area (Å²) in [6.45, 7) is 11.1. The molecule has 0 atom stereocenters. The lowest BCUT2D eigenvalue weighted by molar-refractivity contribution is -0.120. The summed E-state index contributed by atoms with van der Waals surface area (Å²) < 4.78 is 10.8. The summed E-state index contributed by atoms with van der Waals surface area (Å²) in [5, 5.41) is 7.93. The Morgan fingerprint density at radius 3 is 2.30 bits per heavy atom. The molecule has 0 fully saturated rings. The average molecular weight is 456 g/mol. The largest absolute Gasteiger partial charge is 0.483 e. The van der Waals surface area contributed by atoms with Gasteiger partial charge in [0.05, 0.1) is 0 Å². The number of ether oxygens (including phenoxy) is 2. The van der Waals surface area contributed by atoms with Crippen molar-refractivity contribution in [1.29, 1.82) is 0 Å². The van der Waals surface area contributed by atoms with E-state index in [1.54, 1.807) is 39.0 Å². The van der Waals surface area contributed by atoms with E-state index >= 15 is 0 Å². The third kappa shape index (κ3) is 8.84. The minimum Gasteiger partial charge on any atom is -0.483 e. The van der Waals surface area contributed by atoms with Crippen molar-refractivity contribution >= 4 is 23.6 Å². The first-order valence-corrected chi connectivity index (χ1v) is 10.8. The number of amides is 3. The number of carbonyl (C=O) groups excluding carboxylic acids is 3. The first-order chi connectivity index (χ1) is 15.4. The van der Waals surface area contributed by atoms with Crippen molar-refractivity contribution in [2.24, 2.45) is 0 Å². The SMILES string of the molecule is Cc1ccc(C)c(OCC(=O)Nc2cccc(CNC(=O)CNC(=O)OC(C)(C)C)c2)c1C. The highest BCUT2D eigenvalue weighted by Crippen LogP contribution is 2.25. The summed E-state index contributed by atoms with van der Waals surface area (Å²) in [7, 11) is 0. The first kappa shape index (κ1) is 25.7. The number of rotatable bonds is 8. The van der Waals surface area contributed by atoms with Crippen molar-refractivity contribution in [3.63, 3.8) is 0 Å². The standard InChI is InChI=1S/C25H33N3O5/c1-16-10-11-17(2)23(18(16)3)32-15-22(30)28-20-9-7-8-19(12-20)13-26-21(29)14-27-24(31)33-25(4,5)6/h7-12H,13-15H2,1-6H3,(H,26,29)(H,27,31)(H,28,30). The number of aryl methyl sites for hydroxylation is 2. The molecular weight excluding hydrogens is 422 g/mol. The van der Waals surface area contributed by atoms with E-state index in [2.05, 4.69) is 16.0 Å². The Hall–Kier alpha value is -3.55. The van der Waals surface area contributed by atoms with Crippen molar-refractivity contribution in [1.82, 2.24) is 10.6 Å². The number of anilines is 1. The van der Waals surface area contributed by atoms with Gasteiger partial charge in [-0.3, -0.25) is 9.59 Å². The van der Waals surface area contributed by atoms with Crippen molar-refractivity contribution in [2.45, 2.75) is 53.7 Å². The van der Waals surface area contributed by atoms with Crippen LogP contribution in [0.2, 0.25) is 0 Å². The van der Waals surface area contributed by atoms with Gasteiger partial charge in [-0.25, -0.2) is 4.79 Å². The van der Waals surface area contributed by atoms with E-state index in [9.17, 15) is 14.4 Å². The van der Waals surface area contributed by atoms with Crippen LogP contribution in [-0.4, -0.2) is 36.7 Å². The fourth-order valence-corrected chi connectivity index (χ4v) is 2.97. The Bertz CT molecular complexity index is 1010. The van der Waals surface area contributed by atoms with Gasteiger partial charge in [0.15, 0.2) is 6.61 Å². The van der Waals surface area contributed by atoms with E-state index in [0.29, 0.717) is 5.69 Å². The third-order valence-corrected chi connectivity index (χ3v) is 4.71. The van der Waals surface area contributed by atoms with E-state index in [4.69, 9.17) is 9.47 Å². The molecular formula is C25H33N3O5. The molecule has 2 aromatic carbocycles. The molecule has 178 valence electrons. The Morgan fingerprint density at radius 2 is 1.61 bits per heavy atom. The van der Waals surface area contributed by atoms with Crippen LogP contribution in [0.25, 0.3) is 0 Å². The Balaban J connectivity index is 1.82. The topological polar surface area (TPSA) is 106 Å². The van der Waals surface area contributed by atoms with Crippen LogP contribution in [0.15, 0.2) is 36.4 Å². The summed E-state index contributed by atoms with van der Waals surface area (Å²) >= 11 is 0. The second-order valence-corrected chi connectivity index (χ2v) is 8.82. The van der Waals surface area contributed by atoms with Gasteiger partial charge in [-0.1, -0.05) is 24.3 Å². The zero-order valence-electron chi connectivity index (χ0n) is 20.1. The van der Waals surface area contributed by atoms with Crippen molar-refractivity contribution < 1.29 is 23.9 Å². The minimum absolute atomic E-state index is 0.109. The van der Waals surface area contributed by atoms with Gasteiger partial charge in [0.1, 0.15) is 17.9 Å². The number of alkyl carbamates (subject to hydrolysis) is 1. The smallest absolute Gasteiger partial charge is 0.408 e. The highest BCUT2D eigenvalue weighted by Gasteiger charge is 2.16. The highest BCUT2D eigenvalue weighted by atomic mass is 16.6. The number of nitrogens with one attached hydrogen (secondary N) is 3. The lowest BCUT2D eigenvalue weighted by atomic mass is 10.1. The van der Waals surface area contributed by atoms with Gasteiger partial charge < -0.3 is 25.4 Å². The van der Waals surface area contributed by atoms with E-state index in [1.165, 1.54) is 0 Å². The zero-order valence-corrected chi connectivity index (χ0v) is 20.1. The van der Waals surface area contributed by atoms with Crippen LogP contribution in [0.1, 0.15) is 43.0 Å². The molecule has 0 saturated carbocycles. The lowest BCUT2D eigenvalue weighted by Gasteiger charge is -2.19. The van der Waals surface area contributed by atoms with Gasteiger partial charge in [0, 0.05) is 12.2 Å². The first-order valence-electron chi connectivity index (χ1n) is 10.8. The fourth-order valence-electron chi connectivity index (χ4n) is 2.97. The van der Waals surface area contributed by atoms with Gasteiger partial charge in [-0.05, 0) is 75.9 Å². The second-order valence-electron chi connectivity index (χ2n) is 8.82. The molecule has 2 aromatic rings. The van der Waals surface area contributed by atoms with Crippen molar-refractivity contribution in [3.05, 3.63) is 58.7 Å². The predicted molar refractivity (Wildman–Crippen MR) is 127 cm³/mol. The molecule has 0 aromatic heterocycles. The van der Waals surface area contributed by atoms with Crippen LogP contribution < -0.4 is 20.7 Å². The molecule has 8 heteroatoms. The molecule has 0 unspecified atom stereocenters. The number of carbonyl (C=O) groups is 3. The highest BCUT2D eigenvalue weighted by molar-refractivity contribution is 5.92. The quantitative estimate of drug-likeness (QED) is 0.562. The second kappa shape index (κ2) is 11.4. The normalized spacial score (nSPS) is 10.8. The molecule has 3 N–H and O–H groups in total. The maximum atomic E-state index is 12.4. The van der Waals surface area contributed by atoms with E-state index < -0.39 is 11.7 Å². The van der Waals surface area contributed by atoms with Crippen molar-refractivity contribution in [3.8, 4) is 5.75 Å². The zero-order chi connectivity index (χ0) is 24.6. The third-order valence-electron chi connectivity index (χ3n) is 4.71. The summed E-state index contributed by atoms with van der Waals surface area (Å²) in [4.78, 5) is 36.0. The summed E-state index contributed by atoms with van der Waals surface area (Å²) in [6, 6.07) is 11.1. The van der Waals surface area contributed by atoms with Gasteiger partial charge in [0.2, 0.25) is 5.91 Å². The molecule has 0 aliphatic rings. The minimum atomic E-state index is -0.652. The maximum Gasteiger partial charge on any atom is 0.408 e. The van der Waals surface area contributed by atoms with Crippen molar-refractivity contribution in [2.75, 3.05) is 18.5 Å². The Morgan fingerprint density at radius 1 is 0.909 bits per heavy atom. The van der Waals surface area contributed by atoms with Gasteiger partial charge in [-0.2, -0.15) is 0 Å². The molecule has 0 saturated heterocycles. The van der Waals surface area contributed by atoms with Gasteiger partial charge in [0.25, 0.3) is 5.91 Å². The fraction of sp³-hybridized carbons (Fsp3) is 0.400. The molecule has 0 heterocycles. The molecule has 0 radical (unpaired) electrons. The van der Waals surface area contributed by atoms with Gasteiger partial charge in [-0.15, -0.1) is 0 Å². The monoisotopic (exact) mass is 455 g/mol. The summed E-state index contributed by atoms with van der Waals surface area (Å²) in [5.74, 6) is 0.0900. The van der Waals surface area contributed by atoms with Crippen LogP contribution in [0.3, 0.4) is 0 Å². The maximum absolute atomic E-state index is 12.4. The predicted octanol–water partition coefficient (Wildman–Crippen LogP) is 3.77. The number of benzene rings is 2.